The zero-order valence-corrected chi connectivity index (χ0v) is 12.5. The molecule has 1 aliphatic rings. The fourth-order valence-electron chi connectivity index (χ4n) is 2.40. The van der Waals surface area contributed by atoms with Gasteiger partial charge in [-0.3, -0.25) is 9.59 Å². The molecule has 0 bridgehead atoms. The van der Waals surface area contributed by atoms with Crippen molar-refractivity contribution in [3.8, 4) is 0 Å². The van der Waals surface area contributed by atoms with E-state index < -0.39 is 0 Å². The number of hydrogen-bond acceptors (Lipinski definition) is 6. The number of nitrogens with two attached hydrogens (primary N) is 1. The smallest absolute Gasteiger partial charge is 0.256 e. The van der Waals surface area contributed by atoms with Gasteiger partial charge in [0.2, 0.25) is 5.95 Å². The Bertz CT molecular complexity index is 790. The highest BCUT2D eigenvalue weighted by Gasteiger charge is 2.17. The standard InChI is InChI=1S/C15H16N6O2/c1-17-13(22)11-7-19-15(21-12(11)16)20-9-2-3-10-8(6-9)4-5-18-14(10)23/h2-3,6-7H,4-5H2,1H3,(H,17,22)(H,18,23)(H3,16,19,20,21). The maximum Gasteiger partial charge on any atom is 0.256 e. The zero-order valence-electron chi connectivity index (χ0n) is 12.5. The number of nitrogens with one attached hydrogen (secondary N) is 3. The van der Waals surface area contributed by atoms with Crippen LogP contribution in [0.1, 0.15) is 26.3 Å². The normalized spacial score (nSPS) is 13.0. The van der Waals surface area contributed by atoms with Gasteiger partial charge in [-0.2, -0.15) is 4.98 Å². The van der Waals surface area contributed by atoms with Crippen molar-refractivity contribution in [2.75, 3.05) is 24.6 Å². The van der Waals surface area contributed by atoms with Crippen LogP contribution in [0.4, 0.5) is 17.5 Å². The molecule has 0 fully saturated rings. The average molecular weight is 312 g/mol. The second-order valence-electron chi connectivity index (χ2n) is 5.07. The lowest BCUT2D eigenvalue weighted by Crippen LogP contribution is -2.31. The largest absolute Gasteiger partial charge is 0.383 e. The molecule has 0 spiro atoms. The van der Waals surface area contributed by atoms with Crippen LogP contribution in [0.15, 0.2) is 24.4 Å². The molecule has 2 aromatic rings. The van der Waals surface area contributed by atoms with Crippen molar-refractivity contribution in [3.05, 3.63) is 41.1 Å². The third kappa shape index (κ3) is 2.91. The van der Waals surface area contributed by atoms with Gasteiger partial charge < -0.3 is 21.7 Å². The number of amides is 2. The summed E-state index contributed by atoms with van der Waals surface area (Å²) in [5.74, 6) is -0.0170. The van der Waals surface area contributed by atoms with Crippen molar-refractivity contribution in [2.24, 2.45) is 0 Å². The van der Waals surface area contributed by atoms with Gasteiger partial charge in [0, 0.05) is 31.0 Å². The summed E-state index contributed by atoms with van der Waals surface area (Å²) in [6.45, 7) is 0.625. The number of anilines is 3. The molecule has 0 saturated heterocycles. The molecule has 8 nitrogen and oxygen atoms in total. The molecule has 1 aromatic carbocycles. The molecule has 2 heterocycles. The molecular formula is C15H16N6O2. The van der Waals surface area contributed by atoms with E-state index in [1.165, 1.54) is 13.2 Å². The molecule has 23 heavy (non-hydrogen) atoms. The number of benzene rings is 1. The molecule has 0 saturated carbocycles. The molecule has 8 heteroatoms. The summed E-state index contributed by atoms with van der Waals surface area (Å²) >= 11 is 0. The van der Waals surface area contributed by atoms with Crippen LogP contribution in [0.3, 0.4) is 0 Å². The highest BCUT2D eigenvalue weighted by atomic mass is 16.2. The predicted molar refractivity (Wildman–Crippen MR) is 85.6 cm³/mol. The molecule has 0 aliphatic carbocycles. The number of nitrogen functional groups attached to an aromatic ring is 1. The SMILES string of the molecule is CNC(=O)c1cnc(Nc2ccc3c(c2)CCNC3=O)nc1N. The van der Waals surface area contributed by atoms with Gasteiger partial charge in [0.1, 0.15) is 5.82 Å². The Labute approximate surface area is 132 Å². The lowest BCUT2D eigenvalue weighted by atomic mass is 10.00. The monoisotopic (exact) mass is 312 g/mol. The number of aromatic nitrogens is 2. The first-order valence-electron chi connectivity index (χ1n) is 7.11. The highest BCUT2D eigenvalue weighted by Crippen LogP contribution is 2.21. The van der Waals surface area contributed by atoms with Crippen LogP contribution in [0.25, 0.3) is 0 Å². The van der Waals surface area contributed by atoms with E-state index in [0.717, 1.165) is 17.7 Å². The second kappa shape index (κ2) is 5.91. The van der Waals surface area contributed by atoms with Crippen molar-refractivity contribution in [1.82, 2.24) is 20.6 Å². The second-order valence-corrected chi connectivity index (χ2v) is 5.07. The molecule has 3 rings (SSSR count). The van der Waals surface area contributed by atoms with Gasteiger partial charge in [-0.25, -0.2) is 4.98 Å². The zero-order chi connectivity index (χ0) is 16.4. The fourth-order valence-corrected chi connectivity index (χ4v) is 2.40. The van der Waals surface area contributed by atoms with Crippen LogP contribution >= 0.6 is 0 Å². The van der Waals surface area contributed by atoms with Crippen molar-refractivity contribution in [2.45, 2.75) is 6.42 Å². The summed E-state index contributed by atoms with van der Waals surface area (Å²) in [5.41, 5.74) is 8.40. The number of nitrogens with zero attached hydrogens (tertiary/aromatic N) is 2. The van der Waals surface area contributed by atoms with Crippen LogP contribution in [0.2, 0.25) is 0 Å². The van der Waals surface area contributed by atoms with Crippen molar-refractivity contribution in [3.63, 3.8) is 0 Å². The Morgan fingerprint density at radius 3 is 2.96 bits per heavy atom. The lowest BCUT2D eigenvalue weighted by Gasteiger charge is -2.17. The van der Waals surface area contributed by atoms with Crippen LogP contribution < -0.4 is 21.7 Å². The first kappa shape index (κ1) is 14.8. The van der Waals surface area contributed by atoms with E-state index in [2.05, 4.69) is 25.9 Å². The molecular weight excluding hydrogens is 296 g/mol. The van der Waals surface area contributed by atoms with E-state index in [0.29, 0.717) is 12.1 Å². The minimum absolute atomic E-state index is 0.0618. The summed E-state index contributed by atoms with van der Waals surface area (Å²) in [6.07, 6.45) is 2.14. The number of hydrogen-bond donors (Lipinski definition) is 4. The Morgan fingerprint density at radius 2 is 2.22 bits per heavy atom. The summed E-state index contributed by atoms with van der Waals surface area (Å²) in [6, 6.07) is 5.42. The molecule has 5 N–H and O–H groups in total. The van der Waals surface area contributed by atoms with Crippen LogP contribution in [0.5, 0.6) is 0 Å². The maximum absolute atomic E-state index is 11.7. The molecule has 0 radical (unpaired) electrons. The fraction of sp³-hybridized carbons (Fsp3) is 0.200. The molecule has 2 amide bonds. The predicted octanol–water partition coefficient (Wildman–Crippen LogP) is 0.448. The summed E-state index contributed by atoms with van der Waals surface area (Å²) in [7, 11) is 1.51. The van der Waals surface area contributed by atoms with Crippen molar-refractivity contribution < 1.29 is 9.59 Å². The van der Waals surface area contributed by atoms with E-state index in [4.69, 9.17) is 5.73 Å². The number of fused-ring (bicyclic) bond motifs is 1. The molecule has 0 atom stereocenters. The van der Waals surface area contributed by atoms with E-state index in [1.54, 1.807) is 12.1 Å². The average Bonchev–Trinajstić information content (AvgIpc) is 2.54. The van der Waals surface area contributed by atoms with Crippen LogP contribution in [-0.4, -0.2) is 35.4 Å². The highest BCUT2D eigenvalue weighted by molar-refractivity contribution is 5.98. The van der Waals surface area contributed by atoms with Crippen LogP contribution in [0, 0.1) is 0 Å². The molecule has 118 valence electrons. The van der Waals surface area contributed by atoms with Gasteiger partial charge in [-0.05, 0) is 30.2 Å². The third-order valence-electron chi connectivity index (χ3n) is 3.58. The Balaban J connectivity index is 1.84. The van der Waals surface area contributed by atoms with E-state index in [9.17, 15) is 9.59 Å². The minimum Gasteiger partial charge on any atom is -0.383 e. The topological polar surface area (TPSA) is 122 Å². The summed E-state index contributed by atoms with van der Waals surface area (Å²) in [4.78, 5) is 31.5. The molecule has 1 aliphatic heterocycles. The Morgan fingerprint density at radius 1 is 1.39 bits per heavy atom. The van der Waals surface area contributed by atoms with Crippen molar-refractivity contribution in [1.29, 1.82) is 0 Å². The molecule has 1 aromatic heterocycles. The molecule has 0 unspecified atom stereocenters. The number of carbonyl (C=O) groups excluding carboxylic acids is 2. The Hall–Kier alpha value is -3.16. The van der Waals surface area contributed by atoms with E-state index in [-0.39, 0.29) is 29.1 Å². The third-order valence-corrected chi connectivity index (χ3v) is 3.58. The lowest BCUT2D eigenvalue weighted by molar-refractivity contribution is 0.0942. The van der Waals surface area contributed by atoms with Gasteiger partial charge in [-0.15, -0.1) is 0 Å². The summed E-state index contributed by atoms with van der Waals surface area (Å²) in [5, 5.41) is 8.30. The quantitative estimate of drug-likeness (QED) is 0.652. The maximum atomic E-state index is 11.7. The van der Waals surface area contributed by atoms with Gasteiger partial charge >= 0.3 is 0 Å². The number of rotatable bonds is 3. The van der Waals surface area contributed by atoms with Crippen molar-refractivity contribution >= 4 is 29.3 Å². The first-order valence-corrected chi connectivity index (χ1v) is 7.11. The minimum atomic E-state index is -0.339. The van der Waals surface area contributed by atoms with Gasteiger partial charge in [0.25, 0.3) is 11.8 Å². The Kier molecular flexibility index (Phi) is 3.80. The summed E-state index contributed by atoms with van der Waals surface area (Å²) < 4.78 is 0. The van der Waals surface area contributed by atoms with Gasteiger partial charge in [0.05, 0.1) is 5.56 Å². The number of carbonyl (C=O) groups is 2. The van der Waals surface area contributed by atoms with Crippen LogP contribution in [-0.2, 0) is 6.42 Å². The van der Waals surface area contributed by atoms with E-state index >= 15 is 0 Å². The first-order chi connectivity index (χ1) is 11.1. The van der Waals surface area contributed by atoms with Gasteiger partial charge in [0.15, 0.2) is 0 Å². The van der Waals surface area contributed by atoms with Gasteiger partial charge in [-0.1, -0.05) is 0 Å². The van der Waals surface area contributed by atoms with E-state index in [1.807, 2.05) is 6.07 Å².